The van der Waals surface area contributed by atoms with Gasteiger partial charge in [0.25, 0.3) is 0 Å². The summed E-state index contributed by atoms with van der Waals surface area (Å²) in [6.45, 7) is 7.18. The van der Waals surface area contributed by atoms with Crippen LogP contribution in [0, 0.1) is 0 Å². The van der Waals surface area contributed by atoms with E-state index in [-0.39, 0.29) is 12.1 Å². The van der Waals surface area contributed by atoms with Crippen molar-refractivity contribution in [2.24, 2.45) is 0 Å². The number of benzene rings is 2. The van der Waals surface area contributed by atoms with Crippen molar-refractivity contribution in [2.75, 3.05) is 6.54 Å². The van der Waals surface area contributed by atoms with Crippen molar-refractivity contribution < 1.29 is 4.74 Å². The molecule has 2 nitrogen and oxygen atoms in total. The lowest BCUT2D eigenvalue weighted by Gasteiger charge is -2.18. The lowest BCUT2D eigenvalue weighted by Crippen LogP contribution is -2.17. The molecule has 21 heavy (non-hydrogen) atoms. The van der Waals surface area contributed by atoms with Crippen molar-refractivity contribution in [3.8, 4) is 5.75 Å². The van der Waals surface area contributed by atoms with Crippen LogP contribution >= 0.6 is 11.6 Å². The average molecular weight is 304 g/mol. The summed E-state index contributed by atoms with van der Waals surface area (Å²) < 4.78 is 5.97. The number of nitrogens with one attached hydrogen (secondary N) is 1. The Balaban J connectivity index is 2.11. The number of rotatable bonds is 6. The van der Waals surface area contributed by atoms with E-state index >= 15 is 0 Å². The highest BCUT2D eigenvalue weighted by molar-refractivity contribution is 6.32. The fraction of sp³-hybridized carbons (Fsp3) is 0.333. The molecule has 2 rings (SSSR count). The molecule has 0 bridgehead atoms. The van der Waals surface area contributed by atoms with Gasteiger partial charge in [-0.05, 0) is 43.7 Å². The molecule has 0 saturated heterocycles. The number of hydrogen-bond donors (Lipinski definition) is 1. The molecule has 1 N–H and O–H groups in total. The van der Waals surface area contributed by atoms with Crippen molar-refractivity contribution in [1.82, 2.24) is 5.32 Å². The van der Waals surface area contributed by atoms with Gasteiger partial charge in [0.1, 0.15) is 11.9 Å². The van der Waals surface area contributed by atoms with Crippen LogP contribution in [0.25, 0.3) is 0 Å². The fourth-order valence-electron chi connectivity index (χ4n) is 2.29. The summed E-state index contributed by atoms with van der Waals surface area (Å²) in [6, 6.07) is 16.4. The second-order valence-electron chi connectivity index (χ2n) is 5.14. The van der Waals surface area contributed by atoms with Gasteiger partial charge in [0.15, 0.2) is 0 Å². The minimum Gasteiger partial charge on any atom is -0.484 e. The zero-order valence-electron chi connectivity index (χ0n) is 12.8. The van der Waals surface area contributed by atoms with Gasteiger partial charge in [0, 0.05) is 6.04 Å². The van der Waals surface area contributed by atoms with Gasteiger partial charge in [-0.2, -0.15) is 0 Å². The van der Waals surface area contributed by atoms with Crippen molar-refractivity contribution in [3.05, 3.63) is 64.7 Å². The van der Waals surface area contributed by atoms with Crippen molar-refractivity contribution in [1.29, 1.82) is 0 Å². The van der Waals surface area contributed by atoms with Gasteiger partial charge in [-0.15, -0.1) is 0 Å². The van der Waals surface area contributed by atoms with Gasteiger partial charge in [-0.3, -0.25) is 0 Å². The molecule has 0 aliphatic rings. The van der Waals surface area contributed by atoms with E-state index in [1.807, 2.05) is 37.3 Å². The quantitative estimate of drug-likeness (QED) is 0.796. The van der Waals surface area contributed by atoms with Crippen molar-refractivity contribution in [2.45, 2.75) is 32.9 Å². The van der Waals surface area contributed by atoms with Crippen LogP contribution in [0.3, 0.4) is 0 Å². The molecule has 0 spiro atoms. The molecule has 0 aliphatic heterocycles. The lowest BCUT2D eigenvalue weighted by molar-refractivity contribution is 0.227. The fourth-order valence-corrected chi connectivity index (χ4v) is 2.52. The molecular formula is C18H22ClNO. The smallest absolute Gasteiger partial charge is 0.138 e. The SMILES string of the molecule is CCNC(C)c1ccc(OC(C)c2ccccc2)c(Cl)c1. The Hall–Kier alpha value is -1.51. The van der Waals surface area contributed by atoms with Gasteiger partial charge >= 0.3 is 0 Å². The maximum absolute atomic E-state index is 6.35. The maximum Gasteiger partial charge on any atom is 0.138 e. The van der Waals surface area contributed by atoms with Crippen LogP contribution in [-0.4, -0.2) is 6.54 Å². The van der Waals surface area contributed by atoms with Crippen LogP contribution in [0.15, 0.2) is 48.5 Å². The molecule has 2 aromatic carbocycles. The van der Waals surface area contributed by atoms with Crippen LogP contribution in [0.1, 0.15) is 44.0 Å². The first-order valence-electron chi connectivity index (χ1n) is 7.36. The Morgan fingerprint density at radius 1 is 1.05 bits per heavy atom. The van der Waals surface area contributed by atoms with E-state index in [2.05, 4.69) is 37.4 Å². The van der Waals surface area contributed by atoms with Gasteiger partial charge in [0.05, 0.1) is 5.02 Å². The Bertz CT molecular complexity index is 571. The Kier molecular flexibility index (Phi) is 5.66. The molecule has 0 aromatic heterocycles. The van der Waals surface area contributed by atoms with E-state index in [0.29, 0.717) is 5.02 Å². The van der Waals surface area contributed by atoms with E-state index in [0.717, 1.165) is 17.9 Å². The highest BCUT2D eigenvalue weighted by Crippen LogP contribution is 2.31. The first-order chi connectivity index (χ1) is 10.1. The predicted octanol–water partition coefficient (Wildman–Crippen LogP) is 5.15. The van der Waals surface area contributed by atoms with Crippen LogP contribution in [0.5, 0.6) is 5.75 Å². The molecule has 3 heteroatoms. The third-order valence-electron chi connectivity index (χ3n) is 3.54. The molecule has 0 radical (unpaired) electrons. The normalized spacial score (nSPS) is 13.7. The van der Waals surface area contributed by atoms with E-state index in [4.69, 9.17) is 16.3 Å². The summed E-state index contributed by atoms with van der Waals surface area (Å²) in [5.74, 6) is 0.723. The Morgan fingerprint density at radius 2 is 1.76 bits per heavy atom. The van der Waals surface area contributed by atoms with E-state index in [1.54, 1.807) is 0 Å². The van der Waals surface area contributed by atoms with Crippen LogP contribution in [0.2, 0.25) is 5.02 Å². The standard InChI is InChI=1S/C18H22ClNO/c1-4-20-13(2)16-10-11-18(17(19)12-16)21-14(3)15-8-6-5-7-9-15/h5-14,20H,4H2,1-3H3. The molecule has 112 valence electrons. The van der Waals surface area contributed by atoms with Crippen LogP contribution in [-0.2, 0) is 0 Å². The van der Waals surface area contributed by atoms with Gasteiger partial charge in [0.2, 0.25) is 0 Å². The topological polar surface area (TPSA) is 21.3 Å². The van der Waals surface area contributed by atoms with Crippen molar-refractivity contribution in [3.63, 3.8) is 0 Å². The zero-order chi connectivity index (χ0) is 15.2. The van der Waals surface area contributed by atoms with Crippen molar-refractivity contribution >= 4 is 11.6 Å². The van der Waals surface area contributed by atoms with Gasteiger partial charge in [-0.1, -0.05) is 54.9 Å². The predicted molar refractivity (Wildman–Crippen MR) is 89.0 cm³/mol. The third kappa shape index (κ3) is 4.23. The molecule has 0 aliphatic carbocycles. The molecule has 2 unspecified atom stereocenters. The minimum atomic E-state index is -0.0271. The highest BCUT2D eigenvalue weighted by atomic mass is 35.5. The van der Waals surface area contributed by atoms with E-state index in [9.17, 15) is 0 Å². The monoisotopic (exact) mass is 303 g/mol. The Morgan fingerprint density at radius 3 is 2.38 bits per heavy atom. The summed E-state index contributed by atoms with van der Waals surface area (Å²) in [7, 11) is 0. The van der Waals surface area contributed by atoms with E-state index < -0.39 is 0 Å². The molecular weight excluding hydrogens is 282 g/mol. The third-order valence-corrected chi connectivity index (χ3v) is 3.83. The maximum atomic E-state index is 6.35. The van der Waals surface area contributed by atoms with Gasteiger partial charge < -0.3 is 10.1 Å². The number of hydrogen-bond acceptors (Lipinski definition) is 2. The summed E-state index contributed by atoms with van der Waals surface area (Å²) in [6.07, 6.45) is -0.0271. The first kappa shape index (κ1) is 15.9. The second-order valence-corrected chi connectivity index (χ2v) is 5.55. The summed E-state index contributed by atoms with van der Waals surface area (Å²) in [4.78, 5) is 0. The summed E-state index contributed by atoms with van der Waals surface area (Å²) >= 11 is 6.35. The Labute approximate surface area is 132 Å². The molecule has 0 fully saturated rings. The second kappa shape index (κ2) is 7.48. The summed E-state index contributed by atoms with van der Waals surface area (Å²) in [5.41, 5.74) is 2.31. The average Bonchev–Trinajstić information content (AvgIpc) is 2.50. The van der Waals surface area contributed by atoms with Gasteiger partial charge in [-0.25, -0.2) is 0 Å². The highest BCUT2D eigenvalue weighted by Gasteiger charge is 2.11. The van der Waals surface area contributed by atoms with Crippen LogP contribution < -0.4 is 10.1 Å². The van der Waals surface area contributed by atoms with Crippen LogP contribution in [0.4, 0.5) is 0 Å². The first-order valence-corrected chi connectivity index (χ1v) is 7.74. The summed E-state index contributed by atoms with van der Waals surface area (Å²) in [5, 5.41) is 4.03. The number of halogens is 1. The molecule has 0 saturated carbocycles. The number of ether oxygens (including phenoxy) is 1. The molecule has 0 amide bonds. The van der Waals surface area contributed by atoms with E-state index in [1.165, 1.54) is 5.56 Å². The zero-order valence-corrected chi connectivity index (χ0v) is 13.5. The molecule has 2 aromatic rings. The lowest BCUT2D eigenvalue weighted by atomic mass is 10.1. The molecule has 2 atom stereocenters. The minimum absolute atomic E-state index is 0.0271. The molecule has 0 heterocycles. The largest absolute Gasteiger partial charge is 0.484 e.